The van der Waals surface area contributed by atoms with Gasteiger partial charge in [0.15, 0.2) is 0 Å². The van der Waals surface area contributed by atoms with Gasteiger partial charge >= 0.3 is 5.69 Å². The second-order valence-electron chi connectivity index (χ2n) is 5.63. The van der Waals surface area contributed by atoms with E-state index in [4.69, 9.17) is 0 Å². The van der Waals surface area contributed by atoms with Crippen LogP contribution in [-0.2, 0) is 13.6 Å². The van der Waals surface area contributed by atoms with E-state index in [1.165, 1.54) is 21.5 Å². The second kappa shape index (κ2) is 6.47. The van der Waals surface area contributed by atoms with E-state index in [0.29, 0.717) is 12.1 Å². The number of halogens is 2. The number of aryl methyl sites for hydroxylation is 2. The summed E-state index contributed by atoms with van der Waals surface area (Å²) in [5.74, 6) is 0. The quantitative estimate of drug-likeness (QED) is 0.844. The highest BCUT2D eigenvalue weighted by Crippen LogP contribution is 2.21. The van der Waals surface area contributed by atoms with Gasteiger partial charge in [0, 0.05) is 36.6 Å². The Morgan fingerprint density at radius 1 is 1.30 bits per heavy atom. The highest BCUT2D eigenvalue weighted by Gasteiger charge is 2.20. The standard InChI is InChI=1S/C15H20F2N4O2/c1-5-9(2)21-12(22)6-10(3)20(15(21)23)8-11-7-19(4)18-13(11)14(16)17/h6-7,9,14H,5,8H2,1-4H3. The fourth-order valence-electron chi connectivity index (χ4n) is 2.51. The largest absolute Gasteiger partial charge is 0.331 e. The van der Waals surface area contributed by atoms with E-state index in [-0.39, 0.29) is 29.4 Å². The number of alkyl halides is 2. The van der Waals surface area contributed by atoms with E-state index >= 15 is 0 Å². The summed E-state index contributed by atoms with van der Waals surface area (Å²) in [7, 11) is 1.55. The molecule has 0 saturated heterocycles. The van der Waals surface area contributed by atoms with Crippen molar-refractivity contribution in [2.75, 3.05) is 0 Å². The van der Waals surface area contributed by atoms with Gasteiger partial charge in [0.05, 0.1) is 6.54 Å². The van der Waals surface area contributed by atoms with Crippen molar-refractivity contribution >= 4 is 0 Å². The Kier molecular flexibility index (Phi) is 4.82. The monoisotopic (exact) mass is 326 g/mol. The van der Waals surface area contributed by atoms with Gasteiger partial charge in [-0.05, 0) is 20.3 Å². The van der Waals surface area contributed by atoms with Crippen molar-refractivity contribution in [3.63, 3.8) is 0 Å². The molecule has 0 N–H and O–H groups in total. The maximum atomic E-state index is 13.1. The lowest BCUT2D eigenvalue weighted by molar-refractivity contribution is 0.144. The minimum absolute atomic E-state index is 0.0467. The Morgan fingerprint density at radius 2 is 1.96 bits per heavy atom. The first-order chi connectivity index (χ1) is 10.8. The van der Waals surface area contributed by atoms with Crippen LogP contribution in [0.2, 0.25) is 0 Å². The zero-order valence-electron chi connectivity index (χ0n) is 13.6. The number of hydrogen-bond donors (Lipinski definition) is 0. The molecule has 2 rings (SSSR count). The molecule has 0 aliphatic carbocycles. The third kappa shape index (κ3) is 3.25. The van der Waals surface area contributed by atoms with Gasteiger partial charge in [-0.2, -0.15) is 5.10 Å². The lowest BCUT2D eigenvalue weighted by atomic mass is 10.2. The Labute approximate surface area is 132 Å². The molecule has 0 bridgehead atoms. The second-order valence-corrected chi connectivity index (χ2v) is 5.63. The van der Waals surface area contributed by atoms with Gasteiger partial charge in [-0.15, -0.1) is 0 Å². The maximum absolute atomic E-state index is 13.1. The van der Waals surface area contributed by atoms with Crippen LogP contribution >= 0.6 is 0 Å². The van der Waals surface area contributed by atoms with Gasteiger partial charge in [-0.25, -0.2) is 13.6 Å². The molecule has 0 amide bonds. The normalized spacial score (nSPS) is 12.8. The third-order valence-electron chi connectivity index (χ3n) is 3.94. The fourth-order valence-corrected chi connectivity index (χ4v) is 2.51. The molecule has 0 aliphatic heterocycles. The minimum atomic E-state index is -2.72. The lowest BCUT2D eigenvalue weighted by Gasteiger charge is -2.16. The summed E-state index contributed by atoms with van der Waals surface area (Å²) in [6, 6.07) is 1.09. The van der Waals surface area contributed by atoms with Crippen LogP contribution in [0.1, 0.15) is 49.7 Å². The number of rotatable bonds is 5. The van der Waals surface area contributed by atoms with Gasteiger partial charge in [-0.3, -0.25) is 18.6 Å². The van der Waals surface area contributed by atoms with Crippen LogP contribution in [-0.4, -0.2) is 18.9 Å². The summed E-state index contributed by atoms with van der Waals surface area (Å²) < 4.78 is 29.9. The van der Waals surface area contributed by atoms with Gasteiger partial charge in [0.2, 0.25) is 0 Å². The van der Waals surface area contributed by atoms with Gasteiger partial charge in [0.1, 0.15) is 5.69 Å². The molecule has 8 heteroatoms. The van der Waals surface area contributed by atoms with E-state index in [1.807, 2.05) is 6.92 Å². The van der Waals surface area contributed by atoms with Crippen molar-refractivity contribution in [1.29, 1.82) is 0 Å². The Hall–Kier alpha value is -2.25. The fraction of sp³-hybridized carbons (Fsp3) is 0.533. The smallest absolute Gasteiger partial charge is 0.293 e. The molecule has 2 aromatic heterocycles. The molecule has 0 spiro atoms. The van der Waals surface area contributed by atoms with Crippen molar-refractivity contribution in [3.8, 4) is 0 Å². The van der Waals surface area contributed by atoms with Gasteiger partial charge in [0.25, 0.3) is 12.0 Å². The number of aromatic nitrogens is 4. The van der Waals surface area contributed by atoms with Crippen LogP contribution in [0.3, 0.4) is 0 Å². The zero-order valence-corrected chi connectivity index (χ0v) is 13.6. The van der Waals surface area contributed by atoms with Crippen molar-refractivity contribution in [3.05, 3.63) is 50.1 Å². The predicted octanol–water partition coefficient (Wildman–Crippen LogP) is 2.01. The molecule has 23 heavy (non-hydrogen) atoms. The Morgan fingerprint density at radius 3 is 2.52 bits per heavy atom. The minimum Gasteiger partial charge on any atom is -0.293 e. The molecule has 6 nitrogen and oxygen atoms in total. The van der Waals surface area contributed by atoms with Crippen LogP contribution < -0.4 is 11.2 Å². The molecule has 0 saturated carbocycles. The van der Waals surface area contributed by atoms with Crippen molar-refractivity contribution in [1.82, 2.24) is 18.9 Å². The molecular formula is C15H20F2N4O2. The molecule has 0 fully saturated rings. The Balaban J connectivity index is 2.57. The van der Waals surface area contributed by atoms with Crippen LogP contribution in [0.25, 0.3) is 0 Å². The highest BCUT2D eigenvalue weighted by atomic mass is 19.3. The SMILES string of the molecule is CCC(C)n1c(=O)cc(C)n(Cc2cn(C)nc2C(F)F)c1=O. The number of nitrogens with zero attached hydrogens (tertiary/aromatic N) is 4. The molecule has 126 valence electrons. The predicted molar refractivity (Wildman–Crippen MR) is 82.0 cm³/mol. The summed E-state index contributed by atoms with van der Waals surface area (Å²) in [5.41, 5.74) is -0.516. The van der Waals surface area contributed by atoms with Crippen molar-refractivity contribution in [2.45, 2.75) is 46.2 Å². The average Bonchev–Trinajstić information content (AvgIpc) is 2.84. The van der Waals surface area contributed by atoms with E-state index < -0.39 is 12.1 Å². The van der Waals surface area contributed by atoms with E-state index in [2.05, 4.69) is 5.10 Å². The summed E-state index contributed by atoms with van der Waals surface area (Å²) in [6.07, 6.45) is -0.637. The topological polar surface area (TPSA) is 61.8 Å². The summed E-state index contributed by atoms with van der Waals surface area (Å²) in [6.45, 7) is 5.21. The Bertz CT molecular complexity index is 820. The highest BCUT2D eigenvalue weighted by molar-refractivity contribution is 5.19. The van der Waals surface area contributed by atoms with E-state index in [0.717, 1.165) is 4.57 Å². The first-order valence-electron chi connectivity index (χ1n) is 7.39. The van der Waals surface area contributed by atoms with Gasteiger partial charge in [-0.1, -0.05) is 6.92 Å². The van der Waals surface area contributed by atoms with Crippen LogP contribution in [0.15, 0.2) is 21.9 Å². The van der Waals surface area contributed by atoms with Gasteiger partial charge < -0.3 is 0 Å². The molecule has 1 atom stereocenters. The molecule has 2 aromatic rings. The van der Waals surface area contributed by atoms with Crippen LogP contribution in [0, 0.1) is 6.92 Å². The van der Waals surface area contributed by atoms with Crippen molar-refractivity contribution < 1.29 is 8.78 Å². The molecule has 0 radical (unpaired) electrons. The first-order valence-corrected chi connectivity index (χ1v) is 7.39. The zero-order chi connectivity index (χ0) is 17.3. The average molecular weight is 326 g/mol. The first kappa shape index (κ1) is 17.1. The third-order valence-corrected chi connectivity index (χ3v) is 3.94. The summed E-state index contributed by atoms with van der Waals surface area (Å²) >= 11 is 0. The molecule has 2 heterocycles. The molecule has 1 unspecified atom stereocenters. The van der Waals surface area contributed by atoms with Crippen LogP contribution in [0.5, 0.6) is 0 Å². The lowest BCUT2D eigenvalue weighted by Crippen LogP contribution is -2.42. The van der Waals surface area contributed by atoms with E-state index in [1.54, 1.807) is 20.9 Å². The summed E-state index contributed by atoms with van der Waals surface area (Å²) in [5, 5.41) is 3.74. The van der Waals surface area contributed by atoms with E-state index in [9.17, 15) is 18.4 Å². The molecular weight excluding hydrogens is 306 g/mol. The maximum Gasteiger partial charge on any atom is 0.331 e. The summed E-state index contributed by atoms with van der Waals surface area (Å²) in [4.78, 5) is 24.7. The molecule has 0 aromatic carbocycles. The van der Waals surface area contributed by atoms with Crippen molar-refractivity contribution in [2.24, 2.45) is 7.05 Å². The molecule has 0 aliphatic rings. The van der Waals surface area contributed by atoms with Crippen LogP contribution in [0.4, 0.5) is 8.78 Å². The number of hydrogen-bond acceptors (Lipinski definition) is 3.